The predicted octanol–water partition coefficient (Wildman–Crippen LogP) is 2.62. The molecule has 1 aromatic carbocycles. The monoisotopic (exact) mass is 469 g/mol. The summed E-state index contributed by atoms with van der Waals surface area (Å²) in [6.07, 6.45) is 1.69. The molecule has 174 valence electrons. The lowest BCUT2D eigenvalue weighted by Crippen LogP contribution is -2.36. The fourth-order valence-electron chi connectivity index (χ4n) is 4.03. The van der Waals surface area contributed by atoms with Crippen molar-refractivity contribution in [1.29, 1.82) is 0 Å². The lowest BCUT2D eigenvalue weighted by Gasteiger charge is -2.28. The third-order valence-corrected chi connectivity index (χ3v) is 6.81. The Bertz CT molecular complexity index is 1110. The van der Waals surface area contributed by atoms with Gasteiger partial charge in [-0.25, -0.2) is 9.97 Å². The van der Waals surface area contributed by atoms with Gasteiger partial charge in [0.15, 0.2) is 10.9 Å². The first-order chi connectivity index (χ1) is 16.2. The minimum Gasteiger partial charge on any atom is -0.493 e. The summed E-state index contributed by atoms with van der Waals surface area (Å²) >= 11 is 1.41. The molecular weight excluding hydrogens is 442 g/mol. The fraction of sp³-hybridized carbons (Fsp3) is 0.435. The second-order valence-corrected chi connectivity index (χ2v) is 8.98. The number of carbonyl (C=O) groups excluding carboxylic acids is 1. The van der Waals surface area contributed by atoms with Crippen LogP contribution in [-0.2, 0) is 16.0 Å². The van der Waals surface area contributed by atoms with Crippen LogP contribution in [0.15, 0.2) is 30.5 Å². The van der Waals surface area contributed by atoms with E-state index in [0.717, 1.165) is 56.5 Å². The number of pyridine rings is 1. The summed E-state index contributed by atoms with van der Waals surface area (Å²) in [4.78, 5) is 26.7. The third-order valence-electron chi connectivity index (χ3n) is 5.84. The van der Waals surface area contributed by atoms with Crippen LogP contribution >= 0.6 is 11.3 Å². The maximum absolute atomic E-state index is 12.9. The topological polar surface area (TPSA) is 89.1 Å². The molecule has 2 aliphatic heterocycles. The quantitative estimate of drug-likeness (QED) is 0.589. The molecule has 2 aliphatic rings. The van der Waals surface area contributed by atoms with Gasteiger partial charge in [-0.2, -0.15) is 0 Å². The molecule has 4 heterocycles. The van der Waals surface area contributed by atoms with Gasteiger partial charge in [0.2, 0.25) is 0 Å². The summed E-state index contributed by atoms with van der Waals surface area (Å²) in [6, 6.07) is 7.73. The molecule has 1 amide bonds. The van der Waals surface area contributed by atoms with Crippen LogP contribution < -0.4 is 15.0 Å². The van der Waals surface area contributed by atoms with Crippen molar-refractivity contribution in [3.63, 3.8) is 0 Å². The van der Waals surface area contributed by atoms with E-state index in [-0.39, 0.29) is 5.91 Å². The van der Waals surface area contributed by atoms with Gasteiger partial charge in [-0.05, 0) is 17.7 Å². The molecule has 0 bridgehead atoms. The van der Waals surface area contributed by atoms with E-state index < -0.39 is 0 Å². The van der Waals surface area contributed by atoms with Gasteiger partial charge >= 0.3 is 0 Å². The smallest absolute Gasteiger partial charge is 0.257 e. The zero-order chi connectivity index (χ0) is 22.6. The highest BCUT2D eigenvalue weighted by Crippen LogP contribution is 2.38. The number of carbonyl (C=O) groups is 1. The summed E-state index contributed by atoms with van der Waals surface area (Å²) in [5.74, 6) is 1.25. The molecule has 0 saturated carbocycles. The van der Waals surface area contributed by atoms with Crippen molar-refractivity contribution in [2.75, 3.05) is 69.9 Å². The van der Waals surface area contributed by atoms with Crippen LogP contribution in [0.3, 0.4) is 0 Å². The normalized spacial score (nSPS) is 17.3. The van der Waals surface area contributed by atoms with Gasteiger partial charge in [-0.3, -0.25) is 15.0 Å². The van der Waals surface area contributed by atoms with Crippen LogP contribution in [0, 0.1) is 0 Å². The lowest BCUT2D eigenvalue weighted by molar-refractivity contribution is 0.0342. The Morgan fingerprint density at radius 1 is 1.09 bits per heavy atom. The zero-order valence-corrected chi connectivity index (χ0v) is 19.4. The van der Waals surface area contributed by atoms with Crippen molar-refractivity contribution in [1.82, 2.24) is 14.9 Å². The molecule has 5 rings (SSSR count). The number of benzene rings is 1. The number of morpholine rings is 2. The lowest BCUT2D eigenvalue weighted by atomic mass is 10.1. The number of rotatable bonds is 6. The number of nitrogens with one attached hydrogen (secondary N) is 1. The summed E-state index contributed by atoms with van der Waals surface area (Å²) in [6.45, 7) is 7.15. The summed E-state index contributed by atoms with van der Waals surface area (Å²) in [5, 5.41) is 3.47. The Labute approximate surface area is 196 Å². The van der Waals surface area contributed by atoms with Crippen LogP contribution in [-0.4, -0.2) is 80.5 Å². The first kappa shape index (κ1) is 22.0. The van der Waals surface area contributed by atoms with E-state index in [9.17, 15) is 4.79 Å². The first-order valence-electron chi connectivity index (χ1n) is 11.1. The van der Waals surface area contributed by atoms with Crippen LogP contribution in [0.2, 0.25) is 0 Å². The molecule has 0 unspecified atom stereocenters. The summed E-state index contributed by atoms with van der Waals surface area (Å²) in [7, 11) is 1.60. The number of aromatic nitrogens is 2. The molecule has 2 fully saturated rings. The number of fused-ring (bicyclic) bond motifs is 1. The van der Waals surface area contributed by atoms with Gasteiger partial charge in [0, 0.05) is 38.3 Å². The molecule has 2 aromatic heterocycles. The molecule has 33 heavy (non-hydrogen) atoms. The Kier molecular flexibility index (Phi) is 6.68. The Morgan fingerprint density at radius 2 is 1.79 bits per heavy atom. The predicted molar refractivity (Wildman–Crippen MR) is 127 cm³/mol. The minimum absolute atomic E-state index is 0.188. The average Bonchev–Trinajstić information content (AvgIpc) is 3.28. The van der Waals surface area contributed by atoms with E-state index in [1.54, 1.807) is 13.3 Å². The molecule has 3 aromatic rings. The zero-order valence-electron chi connectivity index (χ0n) is 18.6. The average molecular weight is 470 g/mol. The molecule has 10 heteroatoms. The Balaban J connectivity index is 1.32. The Hall–Kier alpha value is -2.79. The van der Waals surface area contributed by atoms with Gasteiger partial charge in [-0.1, -0.05) is 23.5 Å². The molecule has 1 N–H and O–H groups in total. The molecular formula is C23H27N5O4S. The standard InChI is InChI=1S/C23H27N5O4S/c1-30-18-14-24-21(28-8-12-32-13-9-28)20-19(18)25-23(33-20)26-22(29)17-4-2-16(3-5-17)15-27-6-10-31-11-7-27/h2-5,14H,6-13,15H2,1H3,(H,25,26,29). The number of thiazole rings is 1. The first-order valence-corrected chi connectivity index (χ1v) is 11.9. The van der Waals surface area contributed by atoms with Crippen LogP contribution in [0.4, 0.5) is 10.9 Å². The van der Waals surface area contributed by atoms with Crippen molar-refractivity contribution >= 4 is 38.4 Å². The highest BCUT2D eigenvalue weighted by molar-refractivity contribution is 7.23. The molecule has 0 aliphatic carbocycles. The fourth-order valence-corrected chi connectivity index (χ4v) is 5.02. The number of hydrogen-bond donors (Lipinski definition) is 1. The van der Waals surface area contributed by atoms with E-state index in [0.29, 0.717) is 35.2 Å². The summed E-state index contributed by atoms with van der Waals surface area (Å²) in [5.41, 5.74) is 2.48. The third kappa shape index (κ3) is 4.93. The number of anilines is 2. The maximum Gasteiger partial charge on any atom is 0.257 e. The van der Waals surface area contributed by atoms with Gasteiger partial charge in [0.1, 0.15) is 16.0 Å². The van der Waals surface area contributed by atoms with Crippen molar-refractivity contribution in [2.45, 2.75) is 6.54 Å². The second kappa shape index (κ2) is 10.0. The van der Waals surface area contributed by atoms with E-state index >= 15 is 0 Å². The van der Waals surface area contributed by atoms with E-state index in [4.69, 9.17) is 14.2 Å². The number of methoxy groups -OCH3 is 1. The van der Waals surface area contributed by atoms with Crippen molar-refractivity contribution in [3.05, 3.63) is 41.6 Å². The van der Waals surface area contributed by atoms with Crippen molar-refractivity contribution in [3.8, 4) is 5.75 Å². The number of ether oxygens (including phenoxy) is 3. The van der Waals surface area contributed by atoms with Crippen LogP contribution in [0.1, 0.15) is 15.9 Å². The van der Waals surface area contributed by atoms with Gasteiger partial charge in [-0.15, -0.1) is 0 Å². The number of hydrogen-bond acceptors (Lipinski definition) is 9. The molecule has 0 spiro atoms. The molecule has 9 nitrogen and oxygen atoms in total. The second-order valence-electron chi connectivity index (χ2n) is 7.99. The molecule has 2 saturated heterocycles. The van der Waals surface area contributed by atoms with Gasteiger partial charge in [0.25, 0.3) is 5.91 Å². The van der Waals surface area contributed by atoms with Crippen LogP contribution in [0.25, 0.3) is 10.2 Å². The van der Waals surface area contributed by atoms with Gasteiger partial charge in [0.05, 0.1) is 39.7 Å². The van der Waals surface area contributed by atoms with E-state index in [1.807, 2.05) is 24.3 Å². The van der Waals surface area contributed by atoms with Crippen molar-refractivity contribution in [2.24, 2.45) is 0 Å². The SMILES string of the molecule is COc1cnc(N2CCOCC2)c2sc(NC(=O)c3ccc(CN4CCOCC4)cc3)nc12. The molecule has 0 atom stereocenters. The highest BCUT2D eigenvalue weighted by Gasteiger charge is 2.21. The highest BCUT2D eigenvalue weighted by atomic mass is 32.1. The molecule has 0 radical (unpaired) electrons. The largest absolute Gasteiger partial charge is 0.493 e. The Morgan fingerprint density at radius 3 is 2.48 bits per heavy atom. The van der Waals surface area contributed by atoms with E-state index in [2.05, 4.69) is 25.1 Å². The van der Waals surface area contributed by atoms with E-state index in [1.165, 1.54) is 16.9 Å². The number of amides is 1. The maximum atomic E-state index is 12.9. The van der Waals surface area contributed by atoms with Gasteiger partial charge < -0.3 is 19.1 Å². The van der Waals surface area contributed by atoms with Crippen molar-refractivity contribution < 1.29 is 19.0 Å². The number of nitrogens with zero attached hydrogens (tertiary/aromatic N) is 4. The summed E-state index contributed by atoms with van der Waals surface area (Å²) < 4.78 is 17.2. The minimum atomic E-state index is -0.188. The van der Waals surface area contributed by atoms with Crippen LogP contribution in [0.5, 0.6) is 5.75 Å².